The molecule has 2 heterocycles. The summed E-state index contributed by atoms with van der Waals surface area (Å²) in [4.78, 5) is 15.7. The molecule has 0 bridgehead atoms. The molecular formula is C9H14N6. The maximum Gasteiger partial charge on any atom is 0.202 e. The Morgan fingerprint density at radius 1 is 1.20 bits per heavy atom. The SMILES string of the molecule is CCNc1nc2ncnc(NCC)c2[nH]1. The molecule has 2 aromatic heterocycles. The Kier molecular flexibility index (Phi) is 2.66. The van der Waals surface area contributed by atoms with Gasteiger partial charge in [0.05, 0.1) is 0 Å². The number of aromatic amines is 1. The summed E-state index contributed by atoms with van der Waals surface area (Å²) in [5.74, 6) is 1.52. The predicted molar refractivity (Wildman–Crippen MR) is 60.0 cm³/mol. The van der Waals surface area contributed by atoms with Crippen LogP contribution >= 0.6 is 0 Å². The summed E-state index contributed by atoms with van der Waals surface area (Å²) >= 11 is 0. The van der Waals surface area contributed by atoms with Crippen LogP contribution in [0.25, 0.3) is 11.2 Å². The summed E-state index contributed by atoms with van der Waals surface area (Å²) in [6.07, 6.45) is 1.51. The highest BCUT2D eigenvalue weighted by Crippen LogP contribution is 2.17. The topological polar surface area (TPSA) is 78.5 Å². The molecule has 0 amide bonds. The van der Waals surface area contributed by atoms with E-state index in [0.717, 1.165) is 30.4 Å². The van der Waals surface area contributed by atoms with Gasteiger partial charge in [-0.2, -0.15) is 4.98 Å². The zero-order chi connectivity index (χ0) is 10.7. The van der Waals surface area contributed by atoms with Crippen molar-refractivity contribution in [2.75, 3.05) is 23.7 Å². The van der Waals surface area contributed by atoms with Crippen LogP contribution in [0.4, 0.5) is 11.8 Å². The largest absolute Gasteiger partial charge is 0.368 e. The van der Waals surface area contributed by atoms with E-state index in [2.05, 4.69) is 30.6 Å². The second kappa shape index (κ2) is 4.12. The van der Waals surface area contributed by atoms with Gasteiger partial charge in [-0.25, -0.2) is 9.97 Å². The van der Waals surface area contributed by atoms with Crippen molar-refractivity contribution < 1.29 is 0 Å². The number of fused-ring (bicyclic) bond motifs is 1. The fourth-order valence-corrected chi connectivity index (χ4v) is 1.38. The first-order valence-electron chi connectivity index (χ1n) is 5.03. The molecule has 0 unspecified atom stereocenters. The quantitative estimate of drug-likeness (QED) is 0.701. The van der Waals surface area contributed by atoms with E-state index < -0.39 is 0 Å². The smallest absolute Gasteiger partial charge is 0.202 e. The van der Waals surface area contributed by atoms with Gasteiger partial charge >= 0.3 is 0 Å². The molecular weight excluding hydrogens is 192 g/mol. The van der Waals surface area contributed by atoms with Crippen LogP contribution in [0.2, 0.25) is 0 Å². The van der Waals surface area contributed by atoms with Crippen molar-refractivity contribution in [3.8, 4) is 0 Å². The van der Waals surface area contributed by atoms with Crippen molar-refractivity contribution in [3.05, 3.63) is 6.33 Å². The third-order valence-corrected chi connectivity index (χ3v) is 1.98. The minimum absolute atomic E-state index is 0.678. The first-order valence-corrected chi connectivity index (χ1v) is 5.03. The highest BCUT2D eigenvalue weighted by molar-refractivity contribution is 5.84. The molecule has 6 nitrogen and oxygen atoms in total. The van der Waals surface area contributed by atoms with Crippen molar-refractivity contribution in [1.82, 2.24) is 19.9 Å². The number of nitrogens with one attached hydrogen (secondary N) is 3. The van der Waals surface area contributed by atoms with E-state index in [1.54, 1.807) is 0 Å². The van der Waals surface area contributed by atoms with E-state index in [1.807, 2.05) is 13.8 Å². The van der Waals surface area contributed by atoms with Crippen LogP contribution in [-0.4, -0.2) is 33.0 Å². The lowest BCUT2D eigenvalue weighted by atomic mass is 10.5. The molecule has 0 saturated heterocycles. The lowest BCUT2D eigenvalue weighted by Gasteiger charge is -2.00. The summed E-state index contributed by atoms with van der Waals surface area (Å²) in [5.41, 5.74) is 1.52. The van der Waals surface area contributed by atoms with Gasteiger partial charge in [-0.05, 0) is 13.8 Å². The zero-order valence-corrected chi connectivity index (χ0v) is 8.83. The Morgan fingerprint density at radius 3 is 2.73 bits per heavy atom. The third kappa shape index (κ3) is 1.83. The van der Waals surface area contributed by atoms with E-state index in [4.69, 9.17) is 0 Å². The molecule has 0 spiro atoms. The Morgan fingerprint density at radius 2 is 2.00 bits per heavy atom. The molecule has 6 heteroatoms. The minimum Gasteiger partial charge on any atom is -0.368 e. The van der Waals surface area contributed by atoms with Crippen LogP contribution in [0.3, 0.4) is 0 Å². The van der Waals surface area contributed by atoms with Gasteiger partial charge in [0.1, 0.15) is 11.8 Å². The fourth-order valence-electron chi connectivity index (χ4n) is 1.38. The van der Waals surface area contributed by atoms with Crippen molar-refractivity contribution in [3.63, 3.8) is 0 Å². The molecule has 0 aliphatic heterocycles. The van der Waals surface area contributed by atoms with Crippen LogP contribution < -0.4 is 10.6 Å². The van der Waals surface area contributed by atoms with Crippen molar-refractivity contribution in [1.29, 1.82) is 0 Å². The molecule has 3 N–H and O–H groups in total. The molecule has 15 heavy (non-hydrogen) atoms. The number of imidazole rings is 1. The molecule has 80 valence electrons. The number of aromatic nitrogens is 4. The fraction of sp³-hybridized carbons (Fsp3) is 0.444. The molecule has 0 aromatic carbocycles. The van der Waals surface area contributed by atoms with Crippen LogP contribution in [0.5, 0.6) is 0 Å². The van der Waals surface area contributed by atoms with Gasteiger partial charge in [0.2, 0.25) is 5.95 Å². The monoisotopic (exact) mass is 206 g/mol. The van der Waals surface area contributed by atoms with Gasteiger partial charge in [0, 0.05) is 13.1 Å². The molecule has 0 fully saturated rings. The summed E-state index contributed by atoms with van der Waals surface area (Å²) in [7, 11) is 0. The number of hydrogen-bond acceptors (Lipinski definition) is 5. The van der Waals surface area contributed by atoms with Gasteiger partial charge in [-0.1, -0.05) is 0 Å². The van der Waals surface area contributed by atoms with Gasteiger partial charge < -0.3 is 15.6 Å². The molecule has 0 atom stereocenters. The van der Waals surface area contributed by atoms with Crippen LogP contribution in [-0.2, 0) is 0 Å². The van der Waals surface area contributed by atoms with Crippen LogP contribution in [0, 0.1) is 0 Å². The summed E-state index contributed by atoms with van der Waals surface area (Å²) < 4.78 is 0. The Labute approximate surface area is 87.5 Å². The molecule has 0 aliphatic rings. The Bertz CT molecular complexity index is 449. The standard InChI is InChI=1S/C9H14N6/c1-3-10-7-6-8(13-5-12-7)15-9(14-6)11-4-2/h5H,3-4H2,1-2H3,(H3,10,11,12,13,14,15). The lowest BCUT2D eigenvalue weighted by Crippen LogP contribution is -2.00. The van der Waals surface area contributed by atoms with E-state index in [9.17, 15) is 0 Å². The van der Waals surface area contributed by atoms with Crippen molar-refractivity contribution in [2.24, 2.45) is 0 Å². The van der Waals surface area contributed by atoms with Crippen LogP contribution in [0.1, 0.15) is 13.8 Å². The Hall–Kier alpha value is -1.85. The molecule has 0 radical (unpaired) electrons. The van der Waals surface area contributed by atoms with E-state index in [-0.39, 0.29) is 0 Å². The van der Waals surface area contributed by atoms with Crippen LogP contribution in [0.15, 0.2) is 6.33 Å². The molecule has 0 aliphatic carbocycles. The molecule has 2 rings (SSSR count). The number of H-pyrrole nitrogens is 1. The summed E-state index contributed by atoms with van der Waals surface area (Å²) in [6, 6.07) is 0. The maximum absolute atomic E-state index is 4.29. The summed E-state index contributed by atoms with van der Waals surface area (Å²) in [5, 5.41) is 6.26. The summed E-state index contributed by atoms with van der Waals surface area (Å²) in [6.45, 7) is 5.69. The van der Waals surface area contributed by atoms with Crippen molar-refractivity contribution in [2.45, 2.75) is 13.8 Å². The number of rotatable bonds is 4. The highest BCUT2D eigenvalue weighted by atomic mass is 15.2. The van der Waals surface area contributed by atoms with E-state index in [0.29, 0.717) is 5.65 Å². The third-order valence-electron chi connectivity index (χ3n) is 1.98. The van der Waals surface area contributed by atoms with E-state index >= 15 is 0 Å². The first-order chi connectivity index (χ1) is 7.35. The number of anilines is 2. The van der Waals surface area contributed by atoms with Gasteiger partial charge in [0.15, 0.2) is 11.5 Å². The average Bonchev–Trinajstić information content (AvgIpc) is 2.62. The lowest BCUT2D eigenvalue weighted by molar-refractivity contribution is 1.13. The zero-order valence-electron chi connectivity index (χ0n) is 8.83. The average molecular weight is 206 g/mol. The van der Waals surface area contributed by atoms with Crippen molar-refractivity contribution >= 4 is 22.9 Å². The van der Waals surface area contributed by atoms with Gasteiger partial charge in [-0.15, -0.1) is 0 Å². The molecule has 2 aromatic rings. The number of hydrogen-bond donors (Lipinski definition) is 3. The normalized spacial score (nSPS) is 10.5. The van der Waals surface area contributed by atoms with E-state index in [1.165, 1.54) is 6.33 Å². The molecule has 0 saturated carbocycles. The second-order valence-corrected chi connectivity index (χ2v) is 3.07. The minimum atomic E-state index is 0.678. The maximum atomic E-state index is 4.29. The predicted octanol–water partition coefficient (Wildman–Crippen LogP) is 1.22. The van der Waals surface area contributed by atoms with Gasteiger partial charge in [0.25, 0.3) is 0 Å². The first kappa shape index (κ1) is 9.70. The Balaban J connectivity index is 2.44. The number of nitrogens with zero attached hydrogens (tertiary/aromatic N) is 3. The highest BCUT2D eigenvalue weighted by Gasteiger charge is 2.07. The second-order valence-electron chi connectivity index (χ2n) is 3.07. The van der Waals surface area contributed by atoms with Gasteiger partial charge in [-0.3, -0.25) is 0 Å².